The molecule has 2 N–H and O–H groups in total. The highest BCUT2D eigenvalue weighted by molar-refractivity contribution is 5.87. The van der Waals surface area contributed by atoms with Crippen LogP contribution in [0.5, 0.6) is 0 Å². The highest BCUT2D eigenvalue weighted by atomic mass is 16.2. The molecule has 0 aliphatic carbocycles. The second-order valence-electron chi connectivity index (χ2n) is 3.16. The van der Waals surface area contributed by atoms with E-state index in [2.05, 4.69) is 4.99 Å². The number of carbonyl (C=O) groups excluding carboxylic acids is 1. The maximum atomic E-state index is 11.7. The summed E-state index contributed by atoms with van der Waals surface area (Å²) in [7, 11) is 0. The lowest BCUT2D eigenvalue weighted by Gasteiger charge is -2.20. The Morgan fingerprint density at radius 1 is 1.36 bits per heavy atom. The second kappa shape index (κ2) is 6.40. The third kappa shape index (κ3) is 3.77. The van der Waals surface area contributed by atoms with Crippen LogP contribution in [0.2, 0.25) is 0 Å². The Bertz CT molecular complexity index is 209. The summed E-state index contributed by atoms with van der Waals surface area (Å²) < 4.78 is 0. The number of nitrogens with zero attached hydrogens (tertiary/aromatic N) is 2. The van der Waals surface area contributed by atoms with Crippen LogP contribution in [0.3, 0.4) is 0 Å². The molecule has 0 saturated heterocycles. The lowest BCUT2D eigenvalue weighted by atomic mass is 10.3. The molecule has 14 heavy (non-hydrogen) atoms. The third-order valence-electron chi connectivity index (χ3n) is 2.15. The molecular weight excluding hydrogens is 178 g/mol. The Labute approximate surface area is 86.2 Å². The van der Waals surface area contributed by atoms with Crippen LogP contribution >= 0.6 is 0 Å². The summed E-state index contributed by atoms with van der Waals surface area (Å²) in [6.07, 6.45) is 0.690. The molecule has 0 aliphatic rings. The van der Waals surface area contributed by atoms with Crippen molar-refractivity contribution in [3.05, 3.63) is 0 Å². The van der Waals surface area contributed by atoms with E-state index in [1.807, 2.05) is 20.8 Å². The quantitative estimate of drug-likeness (QED) is 0.530. The third-order valence-corrected chi connectivity index (χ3v) is 2.15. The van der Waals surface area contributed by atoms with E-state index < -0.39 is 0 Å². The first-order chi connectivity index (χ1) is 6.56. The molecule has 0 saturated carbocycles. The molecule has 0 aliphatic heterocycles. The Kier molecular flexibility index (Phi) is 5.92. The molecule has 0 bridgehead atoms. The number of aliphatic imine (C=N–C) groups is 1. The van der Waals surface area contributed by atoms with E-state index in [-0.39, 0.29) is 11.9 Å². The summed E-state index contributed by atoms with van der Waals surface area (Å²) in [6.45, 7) is 9.07. The van der Waals surface area contributed by atoms with Gasteiger partial charge in [0.25, 0.3) is 0 Å². The van der Waals surface area contributed by atoms with Gasteiger partial charge < -0.3 is 10.6 Å². The van der Waals surface area contributed by atoms with Gasteiger partial charge in [-0.15, -0.1) is 0 Å². The van der Waals surface area contributed by atoms with Crippen LogP contribution in [0.25, 0.3) is 0 Å². The summed E-state index contributed by atoms with van der Waals surface area (Å²) in [4.78, 5) is 17.6. The number of carbonyl (C=O) groups is 1. The minimum Gasteiger partial charge on any atom is -0.387 e. The van der Waals surface area contributed by atoms with Gasteiger partial charge in [0, 0.05) is 19.5 Å². The van der Waals surface area contributed by atoms with E-state index in [0.717, 1.165) is 13.1 Å². The summed E-state index contributed by atoms with van der Waals surface area (Å²) >= 11 is 0. The van der Waals surface area contributed by atoms with Crippen LogP contribution < -0.4 is 5.73 Å². The topological polar surface area (TPSA) is 58.7 Å². The SMILES string of the molecule is CCC(N)=NC(C)C(=O)N(CC)CC. The molecule has 0 radical (unpaired) electrons. The van der Waals surface area contributed by atoms with Crippen molar-refractivity contribution in [3.8, 4) is 0 Å². The summed E-state index contributed by atoms with van der Waals surface area (Å²) in [5.41, 5.74) is 5.57. The first-order valence-corrected chi connectivity index (χ1v) is 5.17. The Balaban J connectivity index is 4.38. The molecule has 0 rings (SSSR count). The average Bonchev–Trinajstić information content (AvgIpc) is 2.19. The van der Waals surface area contributed by atoms with Gasteiger partial charge in [-0.25, -0.2) is 0 Å². The molecule has 1 amide bonds. The molecule has 0 heterocycles. The van der Waals surface area contributed by atoms with Crippen molar-refractivity contribution in [3.63, 3.8) is 0 Å². The molecular formula is C10H21N3O. The van der Waals surface area contributed by atoms with E-state index in [1.165, 1.54) is 0 Å². The predicted octanol–water partition coefficient (Wildman–Crippen LogP) is 1.01. The van der Waals surface area contributed by atoms with Gasteiger partial charge in [0.1, 0.15) is 6.04 Å². The highest BCUT2D eigenvalue weighted by Crippen LogP contribution is 1.99. The Morgan fingerprint density at radius 3 is 2.21 bits per heavy atom. The second-order valence-corrected chi connectivity index (χ2v) is 3.16. The van der Waals surface area contributed by atoms with Crippen LogP contribution in [0.4, 0.5) is 0 Å². The Morgan fingerprint density at radius 2 is 1.86 bits per heavy atom. The van der Waals surface area contributed by atoms with Crippen LogP contribution in [0.1, 0.15) is 34.1 Å². The molecule has 0 fully saturated rings. The number of hydrogen-bond acceptors (Lipinski definition) is 2. The molecule has 0 spiro atoms. The zero-order valence-corrected chi connectivity index (χ0v) is 9.58. The monoisotopic (exact) mass is 199 g/mol. The van der Waals surface area contributed by atoms with Crippen molar-refractivity contribution in [1.29, 1.82) is 0 Å². The smallest absolute Gasteiger partial charge is 0.247 e. The van der Waals surface area contributed by atoms with Crippen molar-refractivity contribution in [1.82, 2.24) is 4.90 Å². The fraction of sp³-hybridized carbons (Fsp3) is 0.800. The van der Waals surface area contributed by atoms with Gasteiger partial charge in [0.05, 0.1) is 5.84 Å². The summed E-state index contributed by atoms with van der Waals surface area (Å²) in [6, 6.07) is -0.352. The van der Waals surface area contributed by atoms with E-state index >= 15 is 0 Å². The largest absolute Gasteiger partial charge is 0.387 e. The van der Waals surface area contributed by atoms with Gasteiger partial charge in [-0.3, -0.25) is 9.79 Å². The van der Waals surface area contributed by atoms with Crippen LogP contribution in [0.15, 0.2) is 4.99 Å². The number of likely N-dealkylation sites (N-methyl/N-ethyl adjacent to an activating group) is 1. The van der Waals surface area contributed by atoms with E-state index in [1.54, 1.807) is 11.8 Å². The van der Waals surface area contributed by atoms with Gasteiger partial charge in [0.2, 0.25) is 5.91 Å². The molecule has 0 aromatic carbocycles. The molecule has 82 valence electrons. The van der Waals surface area contributed by atoms with Crippen molar-refractivity contribution in [2.45, 2.75) is 40.2 Å². The van der Waals surface area contributed by atoms with Crippen LogP contribution in [0, 0.1) is 0 Å². The predicted molar refractivity (Wildman–Crippen MR) is 59.3 cm³/mol. The maximum absolute atomic E-state index is 11.7. The molecule has 4 nitrogen and oxygen atoms in total. The molecule has 4 heteroatoms. The number of amidine groups is 1. The average molecular weight is 199 g/mol. The van der Waals surface area contributed by atoms with E-state index in [9.17, 15) is 4.79 Å². The minimum absolute atomic E-state index is 0.0476. The fourth-order valence-corrected chi connectivity index (χ4v) is 1.19. The number of amides is 1. The van der Waals surface area contributed by atoms with Crippen molar-refractivity contribution in [2.75, 3.05) is 13.1 Å². The first kappa shape index (κ1) is 12.9. The molecule has 1 atom stereocenters. The minimum atomic E-state index is -0.352. The normalized spacial score (nSPS) is 13.9. The van der Waals surface area contributed by atoms with Crippen LogP contribution in [-0.2, 0) is 4.79 Å². The number of rotatable bonds is 5. The fourth-order valence-electron chi connectivity index (χ4n) is 1.19. The lowest BCUT2D eigenvalue weighted by molar-refractivity contribution is -0.131. The first-order valence-electron chi connectivity index (χ1n) is 5.17. The molecule has 1 unspecified atom stereocenters. The van der Waals surface area contributed by atoms with Crippen LogP contribution in [-0.4, -0.2) is 35.8 Å². The lowest BCUT2D eigenvalue weighted by Crippen LogP contribution is -2.37. The zero-order valence-electron chi connectivity index (χ0n) is 9.58. The van der Waals surface area contributed by atoms with Gasteiger partial charge >= 0.3 is 0 Å². The van der Waals surface area contributed by atoms with Gasteiger partial charge in [-0.2, -0.15) is 0 Å². The molecule has 0 aromatic rings. The van der Waals surface area contributed by atoms with Gasteiger partial charge in [-0.05, 0) is 20.8 Å². The van der Waals surface area contributed by atoms with Gasteiger partial charge in [0.15, 0.2) is 0 Å². The molecule has 0 aromatic heterocycles. The summed E-state index contributed by atoms with van der Waals surface area (Å²) in [5.74, 6) is 0.587. The number of nitrogens with two attached hydrogens (primary N) is 1. The van der Waals surface area contributed by atoms with Crippen molar-refractivity contribution < 1.29 is 4.79 Å². The highest BCUT2D eigenvalue weighted by Gasteiger charge is 2.16. The Hall–Kier alpha value is -1.06. The maximum Gasteiger partial charge on any atom is 0.247 e. The van der Waals surface area contributed by atoms with Crippen molar-refractivity contribution in [2.24, 2.45) is 10.7 Å². The summed E-state index contributed by atoms with van der Waals surface area (Å²) in [5, 5.41) is 0. The zero-order chi connectivity index (χ0) is 11.1. The van der Waals surface area contributed by atoms with E-state index in [0.29, 0.717) is 12.3 Å². The van der Waals surface area contributed by atoms with E-state index in [4.69, 9.17) is 5.73 Å². The standard InChI is InChI=1S/C10H21N3O/c1-5-9(11)12-8(4)10(14)13(6-2)7-3/h8H,5-7H2,1-4H3,(H2,11,12). The van der Waals surface area contributed by atoms with Gasteiger partial charge in [-0.1, -0.05) is 6.92 Å². The van der Waals surface area contributed by atoms with Crippen molar-refractivity contribution >= 4 is 11.7 Å². The number of hydrogen-bond donors (Lipinski definition) is 1.